The van der Waals surface area contributed by atoms with Crippen molar-refractivity contribution in [3.8, 4) is 0 Å². The Morgan fingerprint density at radius 1 is 1.06 bits per heavy atom. The van der Waals surface area contributed by atoms with Gasteiger partial charge in [0.25, 0.3) is 0 Å². The minimum Gasteiger partial charge on any atom is -0.481 e. The summed E-state index contributed by atoms with van der Waals surface area (Å²) in [4.78, 5) is 10.9. The molecule has 0 fully saturated rings. The summed E-state index contributed by atoms with van der Waals surface area (Å²) in [6.45, 7) is 11.9. The number of rotatable bonds is 4. The van der Waals surface area contributed by atoms with Crippen LogP contribution in [0.25, 0.3) is 0 Å². The fourth-order valence-corrected chi connectivity index (χ4v) is 1.48. The summed E-state index contributed by atoms with van der Waals surface area (Å²) in [5.41, 5.74) is 1.09. The third-order valence-corrected chi connectivity index (χ3v) is 2.42. The highest BCUT2D eigenvalue weighted by molar-refractivity contribution is 5.70. The first kappa shape index (κ1) is 19.0. The molecule has 0 aliphatic heterocycles. The largest absolute Gasteiger partial charge is 0.481 e. The Bertz CT molecular complexity index is 291. The molecule has 0 saturated carbocycles. The number of hydrogen-bond acceptors (Lipinski definition) is 1. The minimum atomic E-state index is -0.705. The van der Waals surface area contributed by atoms with Crippen molar-refractivity contribution in [3.05, 3.63) is 35.9 Å². The van der Waals surface area contributed by atoms with Gasteiger partial charge in [0.1, 0.15) is 0 Å². The van der Waals surface area contributed by atoms with Gasteiger partial charge in [0.2, 0.25) is 0 Å². The van der Waals surface area contributed by atoms with Gasteiger partial charge in [0, 0.05) is 0 Å². The Morgan fingerprint density at radius 2 is 1.50 bits per heavy atom. The molecule has 104 valence electrons. The SMILES string of the molecule is CC.CC.CC(C)C(Cc1ccccc1)C(=O)O. The number of carboxylic acids is 1. The van der Waals surface area contributed by atoms with Gasteiger partial charge in [-0.05, 0) is 17.9 Å². The zero-order valence-corrected chi connectivity index (χ0v) is 12.6. The lowest BCUT2D eigenvalue weighted by atomic mass is 9.89. The molecule has 0 aliphatic rings. The van der Waals surface area contributed by atoms with Crippen molar-refractivity contribution in [1.82, 2.24) is 0 Å². The quantitative estimate of drug-likeness (QED) is 0.847. The van der Waals surface area contributed by atoms with Crippen molar-refractivity contribution < 1.29 is 9.90 Å². The molecule has 0 saturated heterocycles. The molecule has 1 unspecified atom stereocenters. The van der Waals surface area contributed by atoms with E-state index in [1.165, 1.54) is 0 Å². The van der Waals surface area contributed by atoms with Gasteiger partial charge in [-0.3, -0.25) is 4.79 Å². The van der Waals surface area contributed by atoms with Gasteiger partial charge in [-0.2, -0.15) is 0 Å². The molecular weight excluding hydrogens is 224 g/mol. The van der Waals surface area contributed by atoms with Crippen LogP contribution in [0.1, 0.15) is 47.1 Å². The molecule has 0 aromatic heterocycles. The summed E-state index contributed by atoms with van der Waals surface area (Å²) < 4.78 is 0. The summed E-state index contributed by atoms with van der Waals surface area (Å²) in [6.07, 6.45) is 0.619. The van der Waals surface area contributed by atoms with Crippen LogP contribution in [0.4, 0.5) is 0 Å². The number of hydrogen-bond donors (Lipinski definition) is 1. The van der Waals surface area contributed by atoms with Crippen LogP contribution in [0.15, 0.2) is 30.3 Å². The Balaban J connectivity index is 0. The summed E-state index contributed by atoms with van der Waals surface area (Å²) >= 11 is 0. The number of aliphatic carboxylic acids is 1. The zero-order valence-electron chi connectivity index (χ0n) is 12.6. The standard InChI is InChI=1S/C12H16O2.2C2H6/c1-9(2)11(12(13)14)8-10-6-4-3-5-7-10;2*1-2/h3-7,9,11H,8H2,1-2H3,(H,13,14);2*1-2H3. The summed E-state index contributed by atoms with van der Waals surface area (Å²) in [5, 5.41) is 9.00. The van der Waals surface area contributed by atoms with Crippen LogP contribution in [-0.4, -0.2) is 11.1 Å². The lowest BCUT2D eigenvalue weighted by molar-refractivity contribution is -0.143. The first-order valence-electron chi connectivity index (χ1n) is 6.88. The van der Waals surface area contributed by atoms with Crippen LogP contribution in [0.3, 0.4) is 0 Å². The van der Waals surface area contributed by atoms with Gasteiger partial charge in [-0.25, -0.2) is 0 Å². The van der Waals surface area contributed by atoms with Gasteiger partial charge < -0.3 is 5.11 Å². The molecule has 0 aliphatic carbocycles. The molecule has 1 aromatic carbocycles. The Labute approximate surface area is 112 Å². The zero-order chi connectivity index (χ0) is 14.6. The van der Waals surface area contributed by atoms with E-state index in [1.54, 1.807) is 0 Å². The fraction of sp³-hybridized carbons (Fsp3) is 0.562. The second kappa shape index (κ2) is 12.2. The average Bonchev–Trinajstić information content (AvgIpc) is 2.41. The highest BCUT2D eigenvalue weighted by Gasteiger charge is 2.21. The maximum atomic E-state index is 10.9. The Kier molecular flexibility index (Phi) is 12.9. The van der Waals surface area contributed by atoms with E-state index in [9.17, 15) is 4.79 Å². The van der Waals surface area contributed by atoms with Crippen molar-refractivity contribution in [3.63, 3.8) is 0 Å². The third kappa shape index (κ3) is 7.88. The van der Waals surface area contributed by atoms with Crippen LogP contribution < -0.4 is 0 Å². The van der Waals surface area contributed by atoms with Crippen LogP contribution in [0.2, 0.25) is 0 Å². The van der Waals surface area contributed by atoms with E-state index in [-0.39, 0.29) is 11.8 Å². The van der Waals surface area contributed by atoms with E-state index < -0.39 is 5.97 Å². The second-order valence-corrected chi connectivity index (χ2v) is 3.88. The van der Waals surface area contributed by atoms with Gasteiger partial charge >= 0.3 is 5.97 Å². The first-order chi connectivity index (χ1) is 8.61. The number of benzene rings is 1. The second-order valence-electron chi connectivity index (χ2n) is 3.88. The molecule has 0 heterocycles. The fourth-order valence-electron chi connectivity index (χ4n) is 1.48. The van der Waals surface area contributed by atoms with E-state index in [1.807, 2.05) is 71.9 Å². The molecule has 1 atom stereocenters. The van der Waals surface area contributed by atoms with Crippen LogP contribution in [-0.2, 0) is 11.2 Å². The number of carboxylic acid groups (broad SMARTS) is 1. The van der Waals surface area contributed by atoms with E-state index in [0.717, 1.165) is 5.56 Å². The summed E-state index contributed by atoms with van der Waals surface area (Å²) in [7, 11) is 0. The van der Waals surface area contributed by atoms with Crippen LogP contribution in [0.5, 0.6) is 0 Å². The van der Waals surface area contributed by atoms with Crippen LogP contribution in [0, 0.1) is 11.8 Å². The van der Waals surface area contributed by atoms with Gasteiger partial charge in [0.05, 0.1) is 5.92 Å². The highest BCUT2D eigenvalue weighted by atomic mass is 16.4. The van der Waals surface area contributed by atoms with E-state index >= 15 is 0 Å². The van der Waals surface area contributed by atoms with Crippen molar-refractivity contribution in [1.29, 1.82) is 0 Å². The molecule has 2 nitrogen and oxygen atoms in total. The summed E-state index contributed by atoms with van der Waals surface area (Å²) in [5.74, 6) is -0.811. The van der Waals surface area contributed by atoms with E-state index in [0.29, 0.717) is 6.42 Å². The van der Waals surface area contributed by atoms with Gasteiger partial charge in [-0.1, -0.05) is 71.9 Å². The number of carbonyl (C=O) groups is 1. The maximum absolute atomic E-state index is 10.9. The Morgan fingerprint density at radius 3 is 1.83 bits per heavy atom. The summed E-state index contributed by atoms with van der Waals surface area (Å²) in [6, 6.07) is 9.76. The predicted molar refractivity (Wildman–Crippen MR) is 78.8 cm³/mol. The third-order valence-electron chi connectivity index (χ3n) is 2.42. The molecule has 2 heteroatoms. The molecule has 18 heavy (non-hydrogen) atoms. The molecular formula is C16H28O2. The van der Waals surface area contributed by atoms with Crippen molar-refractivity contribution in [2.24, 2.45) is 11.8 Å². The molecule has 0 radical (unpaired) electrons. The van der Waals surface area contributed by atoms with Crippen molar-refractivity contribution >= 4 is 5.97 Å². The van der Waals surface area contributed by atoms with E-state index in [2.05, 4.69) is 0 Å². The van der Waals surface area contributed by atoms with Crippen molar-refractivity contribution in [2.75, 3.05) is 0 Å². The smallest absolute Gasteiger partial charge is 0.307 e. The van der Waals surface area contributed by atoms with E-state index in [4.69, 9.17) is 5.11 Å². The molecule has 0 bridgehead atoms. The molecule has 0 amide bonds. The average molecular weight is 252 g/mol. The first-order valence-corrected chi connectivity index (χ1v) is 6.88. The molecule has 1 rings (SSSR count). The van der Waals surface area contributed by atoms with Gasteiger partial charge in [0.15, 0.2) is 0 Å². The lowest BCUT2D eigenvalue weighted by Gasteiger charge is -2.15. The molecule has 1 aromatic rings. The predicted octanol–water partition coefficient (Wildman–Crippen LogP) is 4.64. The molecule has 0 spiro atoms. The lowest BCUT2D eigenvalue weighted by Crippen LogP contribution is -2.22. The topological polar surface area (TPSA) is 37.3 Å². The van der Waals surface area contributed by atoms with Crippen LogP contribution >= 0.6 is 0 Å². The highest BCUT2D eigenvalue weighted by Crippen LogP contribution is 2.17. The minimum absolute atomic E-state index is 0.174. The molecule has 1 N–H and O–H groups in total. The monoisotopic (exact) mass is 252 g/mol. The Hall–Kier alpha value is -1.31. The maximum Gasteiger partial charge on any atom is 0.307 e. The van der Waals surface area contributed by atoms with Gasteiger partial charge in [-0.15, -0.1) is 0 Å². The van der Waals surface area contributed by atoms with Crippen molar-refractivity contribution in [2.45, 2.75) is 48.0 Å². The normalized spacial score (nSPS) is 10.6.